The second-order valence-electron chi connectivity index (χ2n) is 11.0. The predicted molar refractivity (Wildman–Crippen MR) is 154 cm³/mol. The molecular formula is C32H67N. The first-order valence-corrected chi connectivity index (χ1v) is 16.1. The van der Waals surface area contributed by atoms with Crippen molar-refractivity contribution < 1.29 is 0 Å². The van der Waals surface area contributed by atoms with Gasteiger partial charge in [-0.3, -0.25) is 0 Å². The van der Waals surface area contributed by atoms with Gasteiger partial charge in [0.25, 0.3) is 0 Å². The minimum atomic E-state index is 1.36. The maximum Gasteiger partial charge on any atom is -0.00187 e. The first-order chi connectivity index (χ1) is 16.3. The van der Waals surface area contributed by atoms with Crippen LogP contribution >= 0.6 is 0 Å². The highest BCUT2D eigenvalue weighted by Crippen LogP contribution is 2.14. The second-order valence-corrected chi connectivity index (χ2v) is 11.0. The van der Waals surface area contributed by atoms with E-state index in [0.29, 0.717) is 0 Å². The van der Waals surface area contributed by atoms with Crippen LogP contribution in [0.3, 0.4) is 0 Å². The molecule has 0 amide bonds. The summed E-state index contributed by atoms with van der Waals surface area (Å²) in [5.41, 5.74) is 0. The lowest BCUT2D eigenvalue weighted by Gasteiger charge is -2.22. The van der Waals surface area contributed by atoms with Crippen LogP contribution in [0.25, 0.3) is 0 Å². The highest BCUT2D eigenvalue weighted by molar-refractivity contribution is 4.61. The molecule has 0 unspecified atom stereocenters. The van der Waals surface area contributed by atoms with E-state index in [9.17, 15) is 0 Å². The summed E-state index contributed by atoms with van der Waals surface area (Å²) < 4.78 is 0. The van der Waals surface area contributed by atoms with E-state index >= 15 is 0 Å². The molecule has 33 heavy (non-hydrogen) atoms. The van der Waals surface area contributed by atoms with Crippen LogP contribution in [0.4, 0.5) is 0 Å². The van der Waals surface area contributed by atoms with Gasteiger partial charge >= 0.3 is 0 Å². The first kappa shape index (κ1) is 33.0. The largest absolute Gasteiger partial charge is 0.303 e. The van der Waals surface area contributed by atoms with E-state index in [-0.39, 0.29) is 0 Å². The van der Waals surface area contributed by atoms with Crippen LogP contribution in [-0.2, 0) is 0 Å². The van der Waals surface area contributed by atoms with Gasteiger partial charge < -0.3 is 4.90 Å². The molecule has 0 aromatic rings. The highest BCUT2D eigenvalue weighted by atomic mass is 15.1. The molecule has 0 aliphatic rings. The summed E-state index contributed by atoms with van der Waals surface area (Å²) in [6, 6.07) is 0. The summed E-state index contributed by atoms with van der Waals surface area (Å²) in [7, 11) is 0. The van der Waals surface area contributed by atoms with E-state index in [0.717, 1.165) is 0 Å². The van der Waals surface area contributed by atoms with Crippen molar-refractivity contribution in [3.05, 3.63) is 0 Å². The Kier molecular flexibility index (Phi) is 30.0. The van der Waals surface area contributed by atoms with E-state index in [1.54, 1.807) is 0 Å². The minimum absolute atomic E-state index is 1.36. The van der Waals surface area contributed by atoms with Crippen LogP contribution in [0.1, 0.15) is 188 Å². The number of rotatable bonds is 29. The standard InChI is InChI=1S/C32H67N/c1-4-7-10-13-16-17-18-19-20-23-26-29-32-33(30-27-24-21-14-11-8-5-2)31-28-25-22-15-12-9-6-3/h4-32H2,1-3H3. The molecule has 0 fully saturated rings. The molecule has 0 spiro atoms. The van der Waals surface area contributed by atoms with Crippen molar-refractivity contribution in [3.8, 4) is 0 Å². The predicted octanol–water partition coefficient (Wildman–Crippen LogP) is 11.5. The number of hydrogen-bond acceptors (Lipinski definition) is 1. The third-order valence-electron chi connectivity index (χ3n) is 7.48. The van der Waals surface area contributed by atoms with Crippen LogP contribution in [0.2, 0.25) is 0 Å². The zero-order valence-corrected chi connectivity index (χ0v) is 24.0. The van der Waals surface area contributed by atoms with Gasteiger partial charge in [0.2, 0.25) is 0 Å². The first-order valence-electron chi connectivity index (χ1n) is 16.1. The fraction of sp³-hybridized carbons (Fsp3) is 1.00. The van der Waals surface area contributed by atoms with Crippen LogP contribution in [0, 0.1) is 0 Å². The highest BCUT2D eigenvalue weighted by Gasteiger charge is 2.05. The van der Waals surface area contributed by atoms with E-state index in [4.69, 9.17) is 0 Å². The molecule has 0 atom stereocenters. The Morgan fingerprint density at radius 1 is 0.242 bits per heavy atom. The number of hydrogen-bond donors (Lipinski definition) is 0. The molecule has 0 heterocycles. The van der Waals surface area contributed by atoms with Gasteiger partial charge in [-0.05, 0) is 38.9 Å². The Bertz CT molecular complexity index is 308. The summed E-state index contributed by atoms with van der Waals surface area (Å²) in [6.07, 6.45) is 37.6. The van der Waals surface area contributed by atoms with Crippen LogP contribution in [-0.4, -0.2) is 24.5 Å². The topological polar surface area (TPSA) is 3.24 Å². The van der Waals surface area contributed by atoms with Gasteiger partial charge in [0, 0.05) is 0 Å². The van der Waals surface area contributed by atoms with Gasteiger partial charge in [-0.15, -0.1) is 0 Å². The summed E-state index contributed by atoms with van der Waals surface area (Å²) in [5, 5.41) is 0. The van der Waals surface area contributed by atoms with E-state index in [1.807, 2.05) is 0 Å². The van der Waals surface area contributed by atoms with Crippen LogP contribution < -0.4 is 0 Å². The monoisotopic (exact) mass is 466 g/mol. The zero-order chi connectivity index (χ0) is 24.1. The molecule has 0 bridgehead atoms. The third kappa shape index (κ3) is 28.1. The molecule has 200 valence electrons. The number of unbranched alkanes of at least 4 members (excludes halogenated alkanes) is 23. The van der Waals surface area contributed by atoms with E-state index in [1.165, 1.54) is 187 Å². The zero-order valence-electron chi connectivity index (χ0n) is 24.0. The van der Waals surface area contributed by atoms with Gasteiger partial charge in [-0.1, -0.05) is 168 Å². The quantitative estimate of drug-likeness (QED) is 0.0992. The van der Waals surface area contributed by atoms with Crippen molar-refractivity contribution >= 4 is 0 Å². The Morgan fingerprint density at radius 3 is 0.636 bits per heavy atom. The van der Waals surface area contributed by atoms with E-state index in [2.05, 4.69) is 25.7 Å². The Balaban J connectivity index is 3.77. The third-order valence-corrected chi connectivity index (χ3v) is 7.48. The Morgan fingerprint density at radius 2 is 0.424 bits per heavy atom. The van der Waals surface area contributed by atoms with Gasteiger partial charge in [0.1, 0.15) is 0 Å². The fourth-order valence-electron chi connectivity index (χ4n) is 5.10. The molecule has 0 aromatic carbocycles. The van der Waals surface area contributed by atoms with Gasteiger partial charge in [0.05, 0.1) is 0 Å². The van der Waals surface area contributed by atoms with Crippen LogP contribution in [0.15, 0.2) is 0 Å². The van der Waals surface area contributed by atoms with Crippen LogP contribution in [0.5, 0.6) is 0 Å². The van der Waals surface area contributed by atoms with Crippen molar-refractivity contribution in [2.75, 3.05) is 19.6 Å². The fourth-order valence-corrected chi connectivity index (χ4v) is 5.10. The molecule has 0 N–H and O–H groups in total. The maximum atomic E-state index is 2.83. The van der Waals surface area contributed by atoms with Crippen molar-refractivity contribution in [2.45, 2.75) is 188 Å². The lowest BCUT2D eigenvalue weighted by atomic mass is 10.0. The molecule has 0 radical (unpaired) electrons. The summed E-state index contributed by atoms with van der Waals surface area (Å²) in [6.45, 7) is 11.0. The van der Waals surface area contributed by atoms with Crippen molar-refractivity contribution in [1.29, 1.82) is 0 Å². The van der Waals surface area contributed by atoms with Crippen molar-refractivity contribution in [1.82, 2.24) is 4.90 Å². The Labute approximate surface area is 212 Å². The summed E-state index contributed by atoms with van der Waals surface area (Å²) in [5.74, 6) is 0. The summed E-state index contributed by atoms with van der Waals surface area (Å²) in [4.78, 5) is 2.83. The van der Waals surface area contributed by atoms with Crippen molar-refractivity contribution in [2.24, 2.45) is 0 Å². The molecule has 0 aliphatic carbocycles. The average Bonchev–Trinajstić information content (AvgIpc) is 2.83. The molecule has 0 saturated carbocycles. The average molecular weight is 466 g/mol. The summed E-state index contributed by atoms with van der Waals surface area (Å²) >= 11 is 0. The number of nitrogens with zero attached hydrogens (tertiary/aromatic N) is 1. The Hall–Kier alpha value is -0.0400. The smallest absolute Gasteiger partial charge is 0.00187 e. The molecule has 0 saturated heterocycles. The normalized spacial score (nSPS) is 11.6. The molecular weight excluding hydrogens is 398 g/mol. The lowest BCUT2D eigenvalue weighted by molar-refractivity contribution is 0.254. The SMILES string of the molecule is CCCCCCCCCCCCCCN(CCCCCCCCC)CCCCCCCCC. The maximum absolute atomic E-state index is 2.83. The van der Waals surface area contributed by atoms with E-state index < -0.39 is 0 Å². The second kappa shape index (κ2) is 30.0. The van der Waals surface area contributed by atoms with Gasteiger partial charge in [0.15, 0.2) is 0 Å². The van der Waals surface area contributed by atoms with Gasteiger partial charge in [-0.2, -0.15) is 0 Å². The van der Waals surface area contributed by atoms with Crippen molar-refractivity contribution in [3.63, 3.8) is 0 Å². The molecule has 0 aromatic heterocycles. The molecule has 1 heteroatoms. The minimum Gasteiger partial charge on any atom is -0.303 e. The molecule has 1 nitrogen and oxygen atoms in total. The van der Waals surface area contributed by atoms with Gasteiger partial charge in [-0.25, -0.2) is 0 Å². The molecule has 0 aliphatic heterocycles. The lowest BCUT2D eigenvalue weighted by Crippen LogP contribution is -2.27. The molecule has 0 rings (SSSR count).